The minimum atomic E-state index is -0.521. The van der Waals surface area contributed by atoms with Crippen LogP contribution in [0, 0.1) is 5.82 Å². The number of amides is 1. The van der Waals surface area contributed by atoms with Gasteiger partial charge in [0.15, 0.2) is 0 Å². The van der Waals surface area contributed by atoms with Crippen molar-refractivity contribution >= 4 is 28.7 Å². The number of nitrogens with one attached hydrogen (secondary N) is 1. The van der Waals surface area contributed by atoms with Crippen molar-refractivity contribution in [3.05, 3.63) is 47.0 Å². The zero-order chi connectivity index (χ0) is 23.3. The SMILES string of the molecule is CN=C(C)C(=CN)c1ccc(N=C(N)C2=C(N[C@H]3CCOC3)CCN(C(C)=O)C2)c(F)c1. The maximum atomic E-state index is 14.9. The Bertz CT molecular complexity index is 992. The summed E-state index contributed by atoms with van der Waals surface area (Å²) in [6.07, 6.45) is 2.93. The highest BCUT2D eigenvalue weighted by Gasteiger charge is 2.26. The third kappa shape index (κ3) is 5.34. The number of carbonyl (C=O) groups excluding carboxylic acids is 1. The van der Waals surface area contributed by atoms with E-state index in [-0.39, 0.29) is 23.5 Å². The van der Waals surface area contributed by atoms with Gasteiger partial charge in [-0.05, 0) is 31.0 Å². The van der Waals surface area contributed by atoms with Gasteiger partial charge >= 0.3 is 0 Å². The van der Waals surface area contributed by atoms with Gasteiger partial charge in [-0.15, -0.1) is 0 Å². The summed E-state index contributed by atoms with van der Waals surface area (Å²) in [5.41, 5.74) is 15.7. The van der Waals surface area contributed by atoms with Crippen molar-refractivity contribution in [3.63, 3.8) is 0 Å². The summed E-state index contributed by atoms with van der Waals surface area (Å²) in [6, 6.07) is 4.85. The van der Waals surface area contributed by atoms with Gasteiger partial charge in [-0.25, -0.2) is 9.38 Å². The number of hydrogen-bond acceptors (Lipinski definition) is 6. The molecule has 1 aromatic rings. The van der Waals surface area contributed by atoms with Gasteiger partial charge < -0.3 is 26.4 Å². The van der Waals surface area contributed by atoms with Crippen LogP contribution in [0.15, 0.2) is 45.7 Å². The van der Waals surface area contributed by atoms with Crippen LogP contribution in [0.1, 0.15) is 32.3 Å². The lowest BCUT2D eigenvalue weighted by atomic mass is 10.0. The number of halogens is 1. The molecule has 0 spiro atoms. The molecule has 0 bridgehead atoms. The maximum Gasteiger partial charge on any atom is 0.219 e. The highest BCUT2D eigenvalue weighted by molar-refractivity contribution is 6.22. The first-order chi connectivity index (χ1) is 15.3. The molecule has 8 nitrogen and oxygen atoms in total. The lowest BCUT2D eigenvalue weighted by Crippen LogP contribution is -2.43. The molecule has 0 aromatic heterocycles. The molecule has 9 heteroatoms. The van der Waals surface area contributed by atoms with Crippen molar-refractivity contribution in [3.8, 4) is 0 Å². The molecule has 0 unspecified atom stereocenters. The number of nitrogens with zero attached hydrogens (tertiary/aromatic N) is 3. The molecular formula is C23H31FN6O2. The van der Waals surface area contributed by atoms with E-state index in [0.29, 0.717) is 55.1 Å². The number of ether oxygens (including phenoxy) is 1. The summed E-state index contributed by atoms with van der Waals surface area (Å²) in [5, 5.41) is 3.49. The Morgan fingerprint density at radius 1 is 1.38 bits per heavy atom. The number of hydrogen-bond donors (Lipinski definition) is 3. The fourth-order valence-corrected chi connectivity index (χ4v) is 3.83. The summed E-state index contributed by atoms with van der Waals surface area (Å²) in [4.78, 5) is 22.1. The fourth-order valence-electron chi connectivity index (χ4n) is 3.83. The largest absolute Gasteiger partial charge is 0.404 e. The Hall–Kier alpha value is -3.20. The Balaban J connectivity index is 1.92. The molecule has 1 atom stereocenters. The van der Waals surface area contributed by atoms with Crippen LogP contribution in [0.25, 0.3) is 5.57 Å². The third-order valence-electron chi connectivity index (χ3n) is 5.80. The molecule has 1 saturated heterocycles. The number of benzene rings is 1. The number of amidine groups is 1. The van der Waals surface area contributed by atoms with Gasteiger partial charge in [0.25, 0.3) is 0 Å². The second-order valence-electron chi connectivity index (χ2n) is 7.91. The zero-order valence-electron chi connectivity index (χ0n) is 18.8. The van der Waals surface area contributed by atoms with Gasteiger partial charge in [0.2, 0.25) is 5.91 Å². The molecule has 1 amide bonds. The topological polar surface area (TPSA) is 118 Å². The van der Waals surface area contributed by atoms with E-state index >= 15 is 0 Å². The van der Waals surface area contributed by atoms with Crippen LogP contribution < -0.4 is 16.8 Å². The summed E-state index contributed by atoms with van der Waals surface area (Å²) >= 11 is 0. The molecule has 2 heterocycles. The number of nitrogens with two attached hydrogens (primary N) is 2. The van der Waals surface area contributed by atoms with Gasteiger partial charge in [-0.2, -0.15) is 0 Å². The molecule has 172 valence electrons. The summed E-state index contributed by atoms with van der Waals surface area (Å²) < 4.78 is 20.3. The Labute approximate surface area is 187 Å². The molecule has 2 aliphatic heterocycles. The Morgan fingerprint density at radius 2 is 2.16 bits per heavy atom. The van der Waals surface area contributed by atoms with Crippen LogP contribution in [-0.2, 0) is 9.53 Å². The van der Waals surface area contributed by atoms with Crippen molar-refractivity contribution in [1.82, 2.24) is 10.2 Å². The van der Waals surface area contributed by atoms with Crippen LogP contribution in [-0.4, -0.2) is 61.7 Å². The van der Waals surface area contributed by atoms with Crippen molar-refractivity contribution in [2.24, 2.45) is 21.5 Å². The fraction of sp³-hybridized carbons (Fsp3) is 0.435. The highest BCUT2D eigenvalue weighted by Crippen LogP contribution is 2.26. The summed E-state index contributed by atoms with van der Waals surface area (Å²) in [7, 11) is 1.65. The third-order valence-corrected chi connectivity index (χ3v) is 5.80. The van der Waals surface area contributed by atoms with E-state index < -0.39 is 5.82 Å². The van der Waals surface area contributed by atoms with E-state index in [0.717, 1.165) is 12.1 Å². The summed E-state index contributed by atoms with van der Waals surface area (Å²) in [5.74, 6) is -0.375. The zero-order valence-corrected chi connectivity index (χ0v) is 18.8. The molecule has 0 saturated carbocycles. The lowest BCUT2D eigenvalue weighted by molar-refractivity contribution is -0.128. The predicted molar refractivity (Wildman–Crippen MR) is 125 cm³/mol. The van der Waals surface area contributed by atoms with Crippen LogP contribution in [0.4, 0.5) is 10.1 Å². The molecule has 1 aromatic carbocycles. The van der Waals surface area contributed by atoms with Crippen LogP contribution in [0.2, 0.25) is 0 Å². The molecule has 0 aliphatic carbocycles. The molecule has 5 N–H and O–H groups in total. The normalized spacial score (nSPS) is 20.7. The average molecular weight is 443 g/mol. The van der Waals surface area contributed by atoms with Crippen molar-refractivity contribution in [1.29, 1.82) is 0 Å². The molecule has 0 radical (unpaired) electrons. The van der Waals surface area contributed by atoms with Crippen LogP contribution >= 0.6 is 0 Å². The summed E-state index contributed by atoms with van der Waals surface area (Å²) in [6.45, 7) is 5.59. The maximum absolute atomic E-state index is 14.9. The number of aliphatic imine (C=N–C) groups is 2. The van der Waals surface area contributed by atoms with E-state index in [1.54, 1.807) is 31.0 Å². The monoisotopic (exact) mass is 442 g/mol. The molecule has 2 aliphatic rings. The minimum Gasteiger partial charge on any atom is -0.404 e. The molecule has 32 heavy (non-hydrogen) atoms. The van der Waals surface area contributed by atoms with E-state index in [1.165, 1.54) is 19.2 Å². The van der Waals surface area contributed by atoms with E-state index in [2.05, 4.69) is 15.3 Å². The standard InChI is InChI=1S/C23H31FN6O2/c1-14(27-3)18(11-25)16-4-5-22(20(24)10-16)29-23(26)19-12-30(15(2)31)8-6-21(19)28-17-7-9-32-13-17/h4-5,10-11,17,28H,6-9,12-13,25H2,1-3H3,(H2,26,29)/t17-/m0/s1. The van der Waals surface area contributed by atoms with Crippen LogP contribution in [0.5, 0.6) is 0 Å². The first kappa shape index (κ1) is 23.5. The molecule has 1 fully saturated rings. The molecule has 3 rings (SSSR count). The number of carbonyl (C=O) groups is 1. The van der Waals surface area contributed by atoms with Gasteiger partial charge in [0, 0.05) is 62.3 Å². The van der Waals surface area contributed by atoms with Gasteiger partial charge in [0.05, 0.1) is 19.2 Å². The number of rotatable bonds is 6. The van der Waals surface area contributed by atoms with Crippen LogP contribution in [0.3, 0.4) is 0 Å². The second-order valence-corrected chi connectivity index (χ2v) is 7.91. The van der Waals surface area contributed by atoms with Gasteiger partial charge in [-0.3, -0.25) is 9.79 Å². The predicted octanol–water partition coefficient (Wildman–Crippen LogP) is 2.09. The van der Waals surface area contributed by atoms with E-state index in [9.17, 15) is 9.18 Å². The first-order valence-electron chi connectivity index (χ1n) is 10.7. The van der Waals surface area contributed by atoms with Gasteiger partial charge in [-0.1, -0.05) is 6.07 Å². The van der Waals surface area contributed by atoms with Gasteiger partial charge in [0.1, 0.15) is 17.3 Å². The Morgan fingerprint density at radius 3 is 2.75 bits per heavy atom. The van der Waals surface area contributed by atoms with Crippen molar-refractivity contribution in [2.75, 3.05) is 33.4 Å². The average Bonchev–Trinajstić information content (AvgIpc) is 3.29. The quantitative estimate of drug-likeness (QED) is 0.461. The highest BCUT2D eigenvalue weighted by atomic mass is 19.1. The first-order valence-corrected chi connectivity index (χ1v) is 10.7. The number of allylic oxidation sites excluding steroid dienone is 1. The smallest absolute Gasteiger partial charge is 0.219 e. The second kappa shape index (κ2) is 10.4. The van der Waals surface area contributed by atoms with Crippen molar-refractivity contribution in [2.45, 2.75) is 32.7 Å². The van der Waals surface area contributed by atoms with Crippen molar-refractivity contribution < 1.29 is 13.9 Å². The lowest BCUT2D eigenvalue weighted by Gasteiger charge is -2.31. The Kier molecular flexibility index (Phi) is 7.63. The van der Waals surface area contributed by atoms with E-state index in [4.69, 9.17) is 16.2 Å². The molecular weight excluding hydrogens is 411 g/mol. The van der Waals surface area contributed by atoms with E-state index in [1.807, 2.05) is 0 Å². The minimum absolute atomic E-state index is 0.0388.